The number of carbonyl (C=O) groups is 2. The minimum atomic E-state index is -0.208. The van der Waals surface area contributed by atoms with Crippen molar-refractivity contribution in [1.82, 2.24) is 4.90 Å². The molecular formula is C10H16BrNO2. The zero-order chi connectivity index (χ0) is 10.7. The first kappa shape index (κ1) is 11.7. The molecular weight excluding hydrogens is 246 g/mol. The highest BCUT2D eigenvalue weighted by Gasteiger charge is 2.34. The average molecular weight is 262 g/mol. The molecule has 2 atom stereocenters. The number of ketones is 1. The second-order valence-electron chi connectivity index (χ2n) is 3.88. The molecule has 1 heterocycles. The SMILES string of the molecule is CC(=O)N1CCCC(C)C1C(=O)CBr. The van der Waals surface area contributed by atoms with Crippen molar-refractivity contribution in [3.8, 4) is 0 Å². The van der Waals surface area contributed by atoms with Gasteiger partial charge in [-0.3, -0.25) is 9.59 Å². The molecule has 0 N–H and O–H groups in total. The molecule has 1 fully saturated rings. The number of carbonyl (C=O) groups excluding carboxylic acids is 2. The molecule has 2 unspecified atom stereocenters. The topological polar surface area (TPSA) is 37.4 Å². The summed E-state index contributed by atoms with van der Waals surface area (Å²) in [5, 5.41) is 0.339. The predicted octanol–water partition coefficient (Wildman–Crippen LogP) is 1.60. The number of nitrogens with zero attached hydrogens (tertiary/aromatic N) is 1. The van der Waals surface area contributed by atoms with Crippen LogP contribution in [-0.2, 0) is 9.59 Å². The van der Waals surface area contributed by atoms with E-state index in [4.69, 9.17) is 0 Å². The van der Waals surface area contributed by atoms with E-state index in [9.17, 15) is 9.59 Å². The lowest BCUT2D eigenvalue weighted by molar-refractivity contribution is -0.140. The average Bonchev–Trinajstić information content (AvgIpc) is 2.16. The highest BCUT2D eigenvalue weighted by atomic mass is 79.9. The van der Waals surface area contributed by atoms with E-state index < -0.39 is 0 Å². The number of rotatable bonds is 2. The lowest BCUT2D eigenvalue weighted by Crippen LogP contribution is -2.51. The summed E-state index contributed by atoms with van der Waals surface area (Å²) in [5.41, 5.74) is 0. The number of piperidine rings is 1. The van der Waals surface area contributed by atoms with Gasteiger partial charge in [0, 0.05) is 13.5 Å². The van der Waals surface area contributed by atoms with Crippen molar-refractivity contribution in [2.24, 2.45) is 5.92 Å². The van der Waals surface area contributed by atoms with Crippen LogP contribution in [0.25, 0.3) is 0 Å². The van der Waals surface area contributed by atoms with E-state index in [0.29, 0.717) is 5.33 Å². The second kappa shape index (κ2) is 4.91. The Morgan fingerprint density at radius 2 is 2.14 bits per heavy atom. The van der Waals surface area contributed by atoms with E-state index >= 15 is 0 Å². The zero-order valence-corrected chi connectivity index (χ0v) is 10.2. The molecule has 0 radical (unpaired) electrons. The Hall–Kier alpha value is -0.380. The molecule has 0 saturated carbocycles. The smallest absolute Gasteiger partial charge is 0.220 e. The van der Waals surface area contributed by atoms with Gasteiger partial charge >= 0.3 is 0 Å². The number of Topliss-reactive ketones (excluding diaryl/α,β-unsaturated/α-hetero) is 1. The van der Waals surface area contributed by atoms with Crippen molar-refractivity contribution < 1.29 is 9.59 Å². The summed E-state index contributed by atoms with van der Waals surface area (Å²) in [7, 11) is 0. The normalized spacial score (nSPS) is 27.5. The van der Waals surface area contributed by atoms with E-state index in [2.05, 4.69) is 15.9 Å². The van der Waals surface area contributed by atoms with Gasteiger partial charge in [0.25, 0.3) is 0 Å². The predicted molar refractivity (Wildman–Crippen MR) is 58.4 cm³/mol. The molecule has 1 saturated heterocycles. The van der Waals surface area contributed by atoms with Gasteiger partial charge in [0.2, 0.25) is 5.91 Å². The molecule has 1 aliphatic heterocycles. The van der Waals surface area contributed by atoms with Crippen LogP contribution in [0.2, 0.25) is 0 Å². The van der Waals surface area contributed by atoms with Gasteiger partial charge in [0.15, 0.2) is 5.78 Å². The van der Waals surface area contributed by atoms with Gasteiger partial charge in [-0.2, -0.15) is 0 Å². The summed E-state index contributed by atoms with van der Waals surface area (Å²) in [5.74, 6) is 0.418. The van der Waals surface area contributed by atoms with Crippen molar-refractivity contribution in [3.63, 3.8) is 0 Å². The monoisotopic (exact) mass is 261 g/mol. The number of hydrogen-bond donors (Lipinski definition) is 0. The van der Waals surface area contributed by atoms with Gasteiger partial charge in [0.05, 0.1) is 11.4 Å². The Morgan fingerprint density at radius 1 is 1.50 bits per heavy atom. The quantitative estimate of drug-likeness (QED) is 0.709. The molecule has 0 aromatic rings. The summed E-state index contributed by atoms with van der Waals surface area (Å²) < 4.78 is 0. The zero-order valence-electron chi connectivity index (χ0n) is 8.62. The summed E-state index contributed by atoms with van der Waals surface area (Å²) in [4.78, 5) is 24.7. The highest BCUT2D eigenvalue weighted by Crippen LogP contribution is 2.24. The maximum absolute atomic E-state index is 11.7. The molecule has 14 heavy (non-hydrogen) atoms. The third-order valence-electron chi connectivity index (χ3n) is 2.80. The van der Waals surface area contributed by atoms with E-state index in [1.807, 2.05) is 6.92 Å². The maximum atomic E-state index is 11.7. The fraction of sp³-hybridized carbons (Fsp3) is 0.800. The molecule has 0 aromatic heterocycles. The Bertz CT molecular complexity index is 242. The van der Waals surface area contributed by atoms with Crippen LogP contribution in [0.5, 0.6) is 0 Å². The minimum absolute atomic E-state index is 0.0100. The van der Waals surface area contributed by atoms with E-state index in [-0.39, 0.29) is 23.7 Å². The number of alkyl halides is 1. The van der Waals surface area contributed by atoms with Crippen LogP contribution in [-0.4, -0.2) is 34.5 Å². The van der Waals surface area contributed by atoms with Crippen LogP contribution in [0.1, 0.15) is 26.7 Å². The first-order valence-corrected chi connectivity index (χ1v) is 6.06. The first-order valence-electron chi connectivity index (χ1n) is 4.93. The molecule has 1 aliphatic rings. The molecule has 4 heteroatoms. The number of amides is 1. The number of likely N-dealkylation sites (tertiary alicyclic amines) is 1. The van der Waals surface area contributed by atoms with E-state index in [1.54, 1.807) is 4.90 Å². The third-order valence-corrected chi connectivity index (χ3v) is 3.35. The minimum Gasteiger partial charge on any atom is -0.333 e. The Balaban J connectivity index is 2.81. The van der Waals surface area contributed by atoms with Gasteiger partial charge in [-0.05, 0) is 18.8 Å². The van der Waals surface area contributed by atoms with E-state index in [0.717, 1.165) is 19.4 Å². The van der Waals surface area contributed by atoms with Crippen LogP contribution in [0.15, 0.2) is 0 Å². The van der Waals surface area contributed by atoms with Gasteiger partial charge in [0.1, 0.15) is 0 Å². The molecule has 1 amide bonds. The lowest BCUT2D eigenvalue weighted by atomic mass is 9.88. The Labute approximate surface area is 93.0 Å². The largest absolute Gasteiger partial charge is 0.333 e. The lowest BCUT2D eigenvalue weighted by Gasteiger charge is -2.38. The molecule has 80 valence electrons. The summed E-state index contributed by atoms with van der Waals surface area (Å²) in [6.07, 6.45) is 2.04. The van der Waals surface area contributed by atoms with Gasteiger partial charge < -0.3 is 4.90 Å². The van der Waals surface area contributed by atoms with Crippen LogP contribution < -0.4 is 0 Å². The molecule has 0 aromatic carbocycles. The van der Waals surface area contributed by atoms with Crippen LogP contribution in [0.3, 0.4) is 0 Å². The highest BCUT2D eigenvalue weighted by molar-refractivity contribution is 9.09. The van der Waals surface area contributed by atoms with Gasteiger partial charge in [-0.25, -0.2) is 0 Å². The number of halogens is 1. The first-order chi connectivity index (χ1) is 6.57. The third kappa shape index (κ3) is 2.35. The van der Waals surface area contributed by atoms with Crippen molar-refractivity contribution in [2.75, 3.05) is 11.9 Å². The van der Waals surface area contributed by atoms with Gasteiger partial charge in [-0.15, -0.1) is 0 Å². The van der Waals surface area contributed by atoms with Crippen LogP contribution >= 0.6 is 15.9 Å². The van der Waals surface area contributed by atoms with Crippen LogP contribution in [0.4, 0.5) is 0 Å². The molecule has 0 spiro atoms. The van der Waals surface area contributed by atoms with Crippen molar-refractivity contribution in [2.45, 2.75) is 32.7 Å². The summed E-state index contributed by atoms with van der Waals surface area (Å²) in [6, 6.07) is -0.208. The second-order valence-corrected chi connectivity index (χ2v) is 4.44. The van der Waals surface area contributed by atoms with Crippen molar-refractivity contribution in [3.05, 3.63) is 0 Å². The Morgan fingerprint density at radius 3 is 2.64 bits per heavy atom. The van der Waals surface area contributed by atoms with E-state index in [1.165, 1.54) is 6.92 Å². The fourth-order valence-electron chi connectivity index (χ4n) is 2.11. The summed E-state index contributed by atoms with van der Waals surface area (Å²) in [6.45, 7) is 4.30. The van der Waals surface area contributed by atoms with Crippen LogP contribution in [0, 0.1) is 5.92 Å². The maximum Gasteiger partial charge on any atom is 0.220 e. The van der Waals surface area contributed by atoms with Gasteiger partial charge in [-0.1, -0.05) is 22.9 Å². The molecule has 0 bridgehead atoms. The molecule has 3 nitrogen and oxygen atoms in total. The standard InChI is InChI=1S/C10H16BrNO2/c1-7-4-3-5-12(8(2)13)10(7)9(14)6-11/h7,10H,3-6H2,1-2H3. The molecule has 0 aliphatic carbocycles. The van der Waals surface area contributed by atoms with Crippen molar-refractivity contribution >= 4 is 27.6 Å². The molecule has 1 rings (SSSR count). The Kier molecular flexibility index (Phi) is 4.11. The van der Waals surface area contributed by atoms with Crippen molar-refractivity contribution in [1.29, 1.82) is 0 Å². The number of hydrogen-bond acceptors (Lipinski definition) is 2. The fourth-order valence-corrected chi connectivity index (χ4v) is 2.44. The summed E-state index contributed by atoms with van der Waals surface area (Å²) >= 11 is 3.17.